The molecule has 0 amide bonds. The molecule has 0 aliphatic heterocycles. The largest absolute Gasteiger partial charge is 0.353 e. The Kier molecular flexibility index (Phi) is 7.71. The van der Waals surface area contributed by atoms with Gasteiger partial charge in [0.25, 0.3) is 0 Å². The fourth-order valence-electron chi connectivity index (χ4n) is 4.18. The third-order valence-corrected chi connectivity index (χ3v) is 10.9. The Bertz CT molecular complexity index is 842. The van der Waals surface area contributed by atoms with Crippen molar-refractivity contribution in [2.75, 3.05) is 13.2 Å². The number of hydrogen-bond acceptors (Lipinski definition) is 4. The molecule has 0 N–H and O–H groups in total. The molecule has 1 aliphatic rings. The lowest BCUT2D eigenvalue weighted by Gasteiger charge is -2.29. The van der Waals surface area contributed by atoms with Gasteiger partial charge in [-0.2, -0.15) is 0 Å². The summed E-state index contributed by atoms with van der Waals surface area (Å²) in [5, 5.41) is 1.77. The van der Waals surface area contributed by atoms with Gasteiger partial charge in [-0.15, -0.1) is 0 Å². The molecule has 0 saturated heterocycles. The maximum Gasteiger partial charge on any atom is 0.353 e. The van der Waals surface area contributed by atoms with Crippen molar-refractivity contribution in [1.82, 2.24) is 0 Å². The molecule has 1 saturated carbocycles. The number of allylic oxidation sites excluding steroid dienone is 1. The summed E-state index contributed by atoms with van der Waals surface area (Å²) in [4.78, 5) is 0. The van der Waals surface area contributed by atoms with Crippen LogP contribution in [0.2, 0.25) is 0 Å². The molecule has 2 aromatic rings. The molecule has 0 radical (unpaired) electrons. The van der Waals surface area contributed by atoms with E-state index in [9.17, 15) is 9.13 Å². The number of rotatable bonds is 9. The fourth-order valence-corrected chi connectivity index (χ4v) is 9.20. The van der Waals surface area contributed by atoms with E-state index in [-0.39, 0.29) is 11.6 Å². The second-order valence-electron chi connectivity index (χ2n) is 7.21. The third kappa shape index (κ3) is 5.01. The smallest absolute Gasteiger partial charge is 0.313 e. The molecule has 0 aromatic heterocycles. The fraction of sp³-hybridized carbons (Fsp3) is 0.391. The van der Waals surface area contributed by atoms with Gasteiger partial charge in [-0.3, -0.25) is 4.57 Å². The van der Waals surface area contributed by atoms with Crippen LogP contribution in [-0.4, -0.2) is 18.9 Å². The molecule has 0 spiro atoms. The highest BCUT2D eigenvalue weighted by Gasteiger charge is 2.43. The van der Waals surface area contributed by atoms with Crippen molar-refractivity contribution in [3.63, 3.8) is 0 Å². The Morgan fingerprint density at radius 3 is 1.86 bits per heavy atom. The van der Waals surface area contributed by atoms with Crippen molar-refractivity contribution in [2.45, 2.75) is 38.8 Å². The van der Waals surface area contributed by atoms with Gasteiger partial charge in [-0.25, -0.2) is 0 Å². The molecule has 2 aromatic carbocycles. The van der Waals surface area contributed by atoms with E-state index >= 15 is 0 Å². The van der Waals surface area contributed by atoms with Gasteiger partial charge in [-0.1, -0.05) is 73.2 Å². The number of hydrogen-bond donors (Lipinski definition) is 0. The quantitative estimate of drug-likeness (QED) is 0.460. The van der Waals surface area contributed by atoms with Gasteiger partial charge in [-0.05, 0) is 32.6 Å². The van der Waals surface area contributed by atoms with E-state index < -0.39 is 14.7 Å². The van der Waals surface area contributed by atoms with Crippen molar-refractivity contribution in [3.05, 3.63) is 72.6 Å². The third-order valence-electron chi connectivity index (χ3n) is 5.41. The van der Waals surface area contributed by atoms with Crippen molar-refractivity contribution in [2.24, 2.45) is 5.92 Å². The maximum atomic E-state index is 14.6. The Morgan fingerprint density at radius 2 is 1.38 bits per heavy atom. The summed E-state index contributed by atoms with van der Waals surface area (Å²) in [5.74, 6) is 1.65. The molecular weight excluding hydrogens is 402 g/mol. The van der Waals surface area contributed by atoms with Gasteiger partial charge in [0.15, 0.2) is 0 Å². The summed E-state index contributed by atoms with van der Waals surface area (Å²) >= 11 is 0. The summed E-state index contributed by atoms with van der Waals surface area (Å²) in [7, 11) is -6.13. The first-order valence-electron chi connectivity index (χ1n) is 10.3. The van der Waals surface area contributed by atoms with Crippen molar-refractivity contribution < 1.29 is 18.2 Å². The van der Waals surface area contributed by atoms with Crippen LogP contribution in [0.3, 0.4) is 0 Å². The number of benzene rings is 2. The summed E-state index contributed by atoms with van der Waals surface area (Å²) in [6.07, 6.45) is 4.73. The van der Waals surface area contributed by atoms with Gasteiger partial charge in [0.1, 0.15) is 7.14 Å². The van der Waals surface area contributed by atoms with Gasteiger partial charge in [0, 0.05) is 22.1 Å². The molecule has 0 heterocycles. The average molecular weight is 432 g/mol. The molecule has 4 nitrogen and oxygen atoms in total. The molecule has 2 atom stereocenters. The minimum absolute atomic E-state index is 0.0275. The molecule has 1 fully saturated rings. The zero-order valence-corrected chi connectivity index (χ0v) is 18.9. The van der Waals surface area contributed by atoms with Gasteiger partial charge in [0.2, 0.25) is 0 Å². The van der Waals surface area contributed by atoms with Crippen molar-refractivity contribution in [1.29, 1.82) is 0 Å². The first-order valence-corrected chi connectivity index (χ1v) is 13.7. The predicted octanol–water partition coefficient (Wildman–Crippen LogP) is 5.95. The highest BCUT2D eigenvalue weighted by molar-refractivity contribution is 7.79. The van der Waals surface area contributed by atoms with Crippen LogP contribution in [-0.2, 0) is 18.2 Å². The lowest BCUT2D eigenvalue weighted by Crippen LogP contribution is -2.27. The molecule has 0 bridgehead atoms. The Labute approximate surface area is 174 Å². The van der Waals surface area contributed by atoms with E-state index in [1.807, 2.05) is 66.7 Å². The van der Waals surface area contributed by atoms with E-state index in [0.717, 1.165) is 29.9 Å². The molecule has 3 rings (SSSR count). The second-order valence-corrected chi connectivity index (χ2v) is 12.1. The van der Waals surface area contributed by atoms with Gasteiger partial charge >= 0.3 is 7.60 Å². The van der Waals surface area contributed by atoms with Crippen LogP contribution in [0.25, 0.3) is 0 Å². The first-order chi connectivity index (χ1) is 14.0. The van der Waals surface area contributed by atoms with Crippen molar-refractivity contribution >= 4 is 25.3 Å². The molecule has 1 aliphatic carbocycles. The van der Waals surface area contributed by atoms with Crippen LogP contribution in [0.15, 0.2) is 72.6 Å². The van der Waals surface area contributed by atoms with Crippen molar-refractivity contribution in [3.8, 4) is 0 Å². The lowest BCUT2D eigenvalue weighted by atomic mass is 10.1. The zero-order valence-electron chi connectivity index (χ0n) is 17.1. The Morgan fingerprint density at radius 1 is 0.862 bits per heavy atom. The first kappa shape index (κ1) is 22.2. The minimum atomic E-state index is -3.26. The van der Waals surface area contributed by atoms with Crippen LogP contribution >= 0.6 is 14.7 Å². The summed E-state index contributed by atoms with van der Waals surface area (Å²) in [6, 6.07) is 19.6. The molecule has 2 unspecified atom stereocenters. The standard InChI is InChI=1S/C23H30O4P2/c1-3-26-28(24,27-4-2)19-18-20-12-11-17-23(20)29(25,21-13-7-5-8-14-21)22-15-9-6-10-16-22/h5-10,13-16,18-20,23H,3-4,11-12,17H2,1-2H3/b19-18+. The van der Waals surface area contributed by atoms with E-state index in [2.05, 4.69) is 0 Å². The minimum Gasteiger partial charge on any atom is -0.313 e. The molecule has 156 valence electrons. The van der Waals surface area contributed by atoms with Gasteiger partial charge < -0.3 is 13.6 Å². The molecular formula is C23H30O4P2. The van der Waals surface area contributed by atoms with Crippen LogP contribution in [0, 0.1) is 5.92 Å². The average Bonchev–Trinajstić information content (AvgIpc) is 3.23. The Balaban J connectivity index is 1.99. The summed E-state index contributed by atoms with van der Waals surface area (Å²) in [6.45, 7) is 4.25. The molecule has 6 heteroatoms. The Hall–Kier alpha value is -1.44. The van der Waals surface area contributed by atoms with E-state index in [1.54, 1.807) is 19.7 Å². The summed E-state index contributed by atoms with van der Waals surface area (Å²) < 4.78 is 38.3. The maximum absolute atomic E-state index is 14.6. The monoisotopic (exact) mass is 432 g/mol. The van der Waals surface area contributed by atoms with E-state index in [1.165, 1.54) is 0 Å². The SMILES string of the molecule is CCOP(=O)(/C=C/C1CCCC1P(=O)(c1ccccc1)c1ccccc1)OCC. The van der Waals surface area contributed by atoms with E-state index in [4.69, 9.17) is 9.05 Å². The topological polar surface area (TPSA) is 52.6 Å². The second kappa shape index (κ2) is 10.0. The van der Waals surface area contributed by atoms with Crippen LogP contribution in [0.1, 0.15) is 33.1 Å². The normalized spacial score (nSPS) is 20.3. The molecule has 29 heavy (non-hydrogen) atoms. The highest BCUT2D eigenvalue weighted by atomic mass is 31.2. The predicted molar refractivity (Wildman–Crippen MR) is 121 cm³/mol. The highest BCUT2D eigenvalue weighted by Crippen LogP contribution is 2.58. The van der Waals surface area contributed by atoms with Crippen LogP contribution < -0.4 is 10.6 Å². The van der Waals surface area contributed by atoms with E-state index in [0.29, 0.717) is 13.2 Å². The summed E-state index contributed by atoms with van der Waals surface area (Å²) in [5.41, 5.74) is -0.0275. The zero-order chi connectivity index (χ0) is 20.7. The van der Waals surface area contributed by atoms with Gasteiger partial charge in [0.05, 0.1) is 13.2 Å². The van der Waals surface area contributed by atoms with Crippen LogP contribution in [0.4, 0.5) is 0 Å². The van der Waals surface area contributed by atoms with Crippen LogP contribution in [0.5, 0.6) is 0 Å². The lowest BCUT2D eigenvalue weighted by molar-refractivity contribution is 0.228.